The van der Waals surface area contributed by atoms with E-state index in [2.05, 4.69) is 4.72 Å². The summed E-state index contributed by atoms with van der Waals surface area (Å²) >= 11 is 11.8. The molecule has 1 N–H and O–H groups in total. The van der Waals surface area contributed by atoms with E-state index in [1.54, 1.807) is 4.90 Å². The summed E-state index contributed by atoms with van der Waals surface area (Å²) in [5.74, 6) is 0.0869. The topological polar surface area (TPSA) is 75.7 Å². The third-order valence-corrected chi connectivity index (χ3v) is 6.04. The number of nitrogens with zero attached hydrogens (tertiary/aromatic N) is 1. The normalized spacial score (nSPS) is 14.3. The van der Waals surface area contributed by atoms with Crippen molar-refractivity contribution in [3.63, 3.8) is 0 Å². The first-order valence-corrected chi connectivity index (χ1v) is 10.5. The lowest BCUT2D eigenvalue weighted by molar-refractivity contribution is 0.0789. The van der Waals surface area contributed by atoms with E-state index >= 15 is 0 Å². The molecule has 2 aromatic rings. The molecule has 144 valence electrons. The van der Waals surface area contributed by atoms with Crippen LogP contribution in [-0.2, 0) is 10.0 Å². The molecule has 3 rings (SSSR count). The van der Waals surface area contributed by atoms with Gasteiger partial charge in [-0.1, -0.05) is 23.2 Å². The molecule has 1 fully saturated rings. The number of likely N-dealkylation sites (tertiary alicyclic amines) is 1. The molecule has 1 heterocycles. The third kappa shape index (κ3) is 4.48. The average Bonchev–Trinajstić information content (AvgIpc) is 3.13. The van der Waals surface area contributed by atoms with E-state index in [1.807, 2.05) is 0 Å². The van der Waals surface area contributed by atoms with Gasteiger partial charge in [0.1, 0.15) is 5.75 Å². The second kappa shape index (κ2) is 7.96. The Labute approximate surface area is 168 Å². The van der Waals surface area contributed by atoms with Crippen LogP contribution in [0.15, 0.2) is 41.3 Å². The molecule has 1 saturated heterocycles. The van der Waals surface area contributed by atoms with E-state index in [4.69, 9.17) is 27.9 Å². The van der Waals surface area contributed by atoms with E-state index < -0.39 is 10.0 Å². The van der Waals surface area contributed by atoms with Gasteiger partial charge in [-0.25, -0.2) is 8.42 Å². The highest BCUT2D eigenvalue weighted by molar-refractivity contribution is 7.92. The summed E-state index contributed by atoms with van der Waals surface area (Å²) in [5, 5.41) is 0.611. The minimum absolute atomic E-state index is 0.0538. The van der Waals surface area contributed by atoms with Crippen LogP contribution in [-0.4, -0.2) is 39.4 Å². The van der Waals surface area contributed by atoms with Gasteiger partial charge < -0.3 is 9.64 Å². The first-order valence-electron chi connectivity index (χ1n) is 8.26. The number of benzene rings is 2. The molecule has 9 heteroatoms. The Bertz CT molecular complexity index is 953. The predicted octanol–water partition coefficient (Wildman–Crippen LogP) is 4.04. The molecular formula is C18H18Cl2N2O4S. The highest BCUT2D eigenvalue weighted by Crippen LogP contribution is 2.28. The summed E-state index contributed by atoms with van der Waals surface area (Å²) in [7, 11) is -2.50. The van der Waals surface area contributed by atoms with Crippen LogP contribution in [0, 0.1) is 0 Å². The second-order valence-electron chi connectivity index (χ2n) is 6.13. The van der Waals surface area contributed by atoms with Crippen molar-refractivity contribution in [3.8, 4) is 5.75 Å². The van der Waals surface area contributed by atoms with E-state index in [0.717, 1.165) is 12.8 Å². The van der Waals surface area contributed by atoms with Gasteiger partial charge in [-0.3, -0.25) is 9.52 Å². The Kier molecular flexibility index (Phi) is 5.83. The minimum Gasteiger partial charge on any atom is -0.496 e. The number of sulfonamides is 1. The number of hydrogen-bond acceptors (Lipinski definition) is 4. The largest absolute Gasteiger partial charge is 0.496 e. The van der Waals surface area contributed by atoms with E-state index in [1.165, 1.54) is 43.5 Å². The number of methoxy groups -OCH3 is 1. The molecule has 0 spiro atoms. The van der Waals surface area contributed by atoms with Crippen molar-refractivity contribution in [2.75, 3.05) is 24.9 Å². The van der Waals surface area contributed by atoms with Crippen molar-refractivity contribution in [1.29, 1.82) is 0 Å². The number of rotatable bonds is 5. The summed E-state index contributed by atoms with van der Waals surface area (Å²) in [6.07, 6.45) is 1.87. The summed E-state index contributed by atoms with van der Waals surface area (Å²) in [6, 6.07) is 8.58. The van der Waals surface area contributed by atoms with Crippen molar-refractivity contribution >= 4 is 44.8 Å². The van der Waals surface area contributed by atoms with Crippen molar-refractivity contribution < 1.29 is 17.9 Å². The van der Waals surface area contributed by atoms with Gasteiger partial charge >= 0.3 is 0 Å². The van der Waals surface area contributed by atoms with Crippen LogP contribution in [0.2, 0.25) is 10.0 Å². The zero-order valence-corrected chi connectivity index (χ0v) is 16.9. The first-order chi connectivity index (χ1) is 12.8. The van der Waals surface area contributed by atoms with E-state index in [0.29, 0.717) is 28.9 Å². The number of nitrogens with one attached hydrogen (secondary N) is 1. The SMILES string of the molecule is COc1ccc(S(=O)(=O)Nc2cc(Cl)cc(Cl)c2)cc1C(=O)N1CCCC1. The van der Waals surface area contributed by atoms with E-state index in [-0.39, 0.29) is 22.1 Å². The Morgan fingerprint density at radius 2 is 1.70 bits per heavy atom. The molecule has 0 aromatic heterocycles. The predicted molar refractivity (Wildman–Crippen MR) is 105 cm³/mol. The smallest absolute Gasteiger partial charge is 0.261 e. The maximum absolute atomic E-state index is 12.8. The number of halogens is 2. The molecule has 6 nitrogen and oxygen atoms in total. The molecule has 2 aromatic carbocycles. The average molecular weight is 429 g/mol. The Morgan fingerprint density at radius 3 is 2.30 bits per heavy atom. The lowest BCUT2D eigenvalue weighted by atomic mass is 10.1. The molecule has 0 aliphatic carbocycles. The molecular weight excluding hydrogens is 411 g/mol. The molecule has 0 unspecified atom stereocenters. The standard InChI is InChI=1S/C18H18Cl2N2O4S/c1-26-17-5-4-15(11-16(17)18(23)22-6-2-3-7-22)27(24,25)21-14-9-12(19)8-13(20)10-14/h4-5,8-11,21H,2-3,6-7H2,1H3. The fourth-order valence-corrected chi connectivity index (χ4v) is 4.53. The zero-order chi connectivity index (χ0) is 19.6. The molecule has 0 atom stereocenters. The molecule has 27 heavy (non-hydrogen) atoms. The van der Waals surface area contributed by atoms with Crippen molar-refractivity contribution in [2.24, 2.45) is 0 Å². The van der Waals surface area contributed by atoms with Gasteiger partial charge in [0.2, 0.25) is 0 Å². The monoisotopic (exact) mass is 428 g/mol. The minimum atomic E-state index is -3.94. The van der Waals surface area contributed by atoms with Crippen LogP contribution in [0.1, 0.15) is 23.2 Å². The van der Waals surface area contributed by atoms with Crippen LogP contribution in [0.4, 0.5) is 5.69 Å². The molecule has 1 aliphatic heterocycles. The van der Waals surface area contributed by atoms with Crippen molar-refractivity contribution in [1.82, 2.24) is 4.90 Å². The van der Waals surface area contributed by atoms with Gasteiger partial charge in [0.15, 0.2) is 0 Å². The summed E-state index contributed by atoms with van der Waals surface area (Å²) < 4.78 is 33.2. The summed E-state index contributed by atoms with van der Waals surface area (Å²) in [6.45, 7) is 1.30. The fourth-order valence-electron chi connectivity index (χ4n) is 2.94. The Morgan fingerprint density at radius 1 is 1.07 bits per heavy atom. The van der Waals surface area contributed by atoms with Crippen molar-refractivity contribution in [2.45, 2.75) is 17.7 Å². The second-order valence-corrected chi connectivity index (χ2v) is 8.68. The highest BCUT2D eigenvalue weighted by atomic mass is 35.5. The lowest BCUT2D eigenvalue weighted by Crippen LogP contribution is -2.28. The fraction of sp³-hybridized carbons (Fsp3) is 0.278. The van der Waals surface area contributed by atoms with E-state index in [9.17, 15) is 13.2 Å². The van der Waals surface area contributed by atoms with Gasteiger partial charge in [0, 0.05) is 23.1 Å². The zero-order valence-electron chi connectivity index (χ0n) is 14.5. The number of carbonyl (C=O) groups is 1. The molecule has 0 radical (unpaired) electrons. The van der Waals surface area contributed by atoms with Crippen LogP contribution < -0.4 is 9.46 Å². The first kappa shape index (κ1) is 19.8. The molecule has 1 amide bonds. The molecule has 0 bridgehead atoms. The summed E-state index contributed by atoms with van der Waals surface area (Å²) in [5.41, 5.74) is 0.446. The number of amides is 1. The Hall–Kier alpha value is -1.96. The van der Waals surface area contributed by atoms with Gasteiger partial charge in [-0.15, -0.1) is 0 Å². The molecule has 0 saturated carbocycles. The third-order valence-electron chi connectivity index (χ3n) is 4.22. The quantitative estimate of drug-likeness (QED) is 0.779. The van der Waals surface area contributed by atoms with Crippen molar-refractivity contribution in [3.05, 3.63) is 52.0 Å². The van der Waals surface area contributed by atoms with Crippen LogP contribution in [0.5, 0.6) is 5.75 Å². The van der Waals surface area contributed by atoms with Gasteiger partial charge in [0.25, 0.3) is 15.9 Å². The number of anilines is 1. The Balaban J connectivity index is 1.95. The number of ether oxygens (including phenoxy) is 1. The van der Waals surface area contributed by atoms with Gasteiger partial charge in [-0.05, 0) is 49.2 Å². The maximum Gasteiger partial charge on any atom is 0.261 e. The molecule has 1 aliphatic rings. The number of carbonyl (C=O) groups excluding carboxylic acids is 1. The summed E-state index contributed by atoms with van der Waals surface area (Å²) in [4.78, 5) is 14.4. The highest BCUT2D eigenvalue weighted by Gasteiger charge is 2.25. The van der Waals surface area contributed by atoms with Gasteiger partial charge in [-0.2, -0.15) is 0 Å². The van der Waals surface area contributed by atoms with Crippen LogP contribution in [0.25, 0.3) is 0 Å². The van der Waals surface area contributed by atoms with Gasteiger partial charge in [0.05, 0.1) is 23.3 Å². The lowest BCUT2D eigenvalue weighted by Gasteiger charge is -2.18. The number of hydrogen-bond donors (Lipinski definition) is 1. The maximum atomic E-state index is 12.8. The van der Waals surface area contributed by atoms with Crippen LogP contribution in [0.3, 0.4) is 0 Å². The van der Waals surface area contributed by atoms with Crippen LogP contribution >= 0.6 is 23.2 Å².